The number of piperidine rings is 1. The van der Waals surface area contributed by atoms with Crippen molar-refractivity contribution in [3.63, 3.8) is 0 Å². The maximum atomic E-state index is 14.5. The molecule has 0 amide bonds. The van der Waals surface area contributed by atoms with Gasteiger partial charge < -0.3 is 40.3 Å². The van der Waals surface area contributed by atoms with Gasteiger partial charge in [0.25, 0.3) is 0 Å². The summed E-state index contributed by atoms with van der Waals surface area (Å²) in [5, 5.41) is 41.3. The third-order valence-corrected chi connectivity index (χ3v) is 14.3. The number of hydrogen-bond donors (Lipinski definition) is 5. The zero-order valence-electron chi connectivity index (χ0n) is 32.8. The second kappa shape index (κ2) is 20.5. The minimum Gasteiger partial charge on any atom is -0.841 e. The number of hydrogen-bond acceptors (Lipinski definition) is 7. The molecular formula is C43H74N3O6+. The van der Waals surface area contributed by atoms with E-state index in [1.54, 1.807) is 7.11 Å². The van der Waals surface area contributed by atoms with E-state index in [1.807, 2.05) is 0 Å². The maximum absolute atomic E-state index is 14.5. The van der Waals surface area contributed by atoms with Crippen LogP contribution < -0.4 is 21.5 Å². The van der Waals surface area contributed by atoms with E-state index >= 15 is 0 Å². The first-order valence-corrected chi connectivity index (χ1v) is 21.7. The van der Waals surface area contributed by atoms with Gasteiger partial charge in [0, 0.05) is 37.7 Å². The molecule has 5 rings (SSSR count). The summed E-state index contributed by atoms with van der Waals surface area (Å²) < 4.78 is 5.71. The van der Waals surface area contributed by atoms with Gasteiger partial charge in [-0.1, -0.05) is 51.4 Å². The lowest BCUT2D eigenvalue weighted by atomic mass is 9.63. The average Bonchev–Trinajstić information content (AvgIpc) is 3.31. The number of nitrogens with two attached hydrogens (primary N) is 3. The van der Waals surface area contributed by atoms with E-state index in [1.165, 1.54) is 19.3 Å². The molecule has 6 unspecified atom stereocenters. The van der Waals surface area contributed by atoms with Crippen molar-refractivity contribution < 1.29 is 40.3 Å². The number of rotatable bonds is 12. The van der Waals surface area contributed by atoms with Gasteiger partial charge in [-0.25, -0.2) is 0 Å². The molecule has 1 aliphatic heterocycles. The van der Waals surface area contributed by atoms with Crippen LogP contribution in [0, 0.1) is 71.0 Å². The van der Waals surface area contributed by atoms with Crippen molar-refractivity contribution in [3.05, 3.63) is 0 Å². The first-order valence-electron chi connectivity index (χ1n) is 21.7. The Hall–Kier alpha value is -1.38. The molecule has 14 atom stereocenters. The summed E-state index contributed by atoms with van der Waals surface area (Å²) >= 11 is 0. The van der Waals surface area contributed by atoms with Gasteiger partial charge in [0.05, 0.1) is 25.3 Å². The second-order valence-electron chi connectivity index (χ2n) is 17.9. The number of carbonyl (C=O) groups excluding carboxylic acids is 2. The average molecular weight is 729 g/mol. The van der Waals surface area contributed by atoms with Crippen LogP contribution in [0.25, 0.3) is 0 Å². The minimum atomic E-state index is -1.90. The summed E-state index contributed by atoms with van der Waals surface area (Å²) in [6.07, 6.45) is 12.7. The van der Waals surface area contributed by atoms with E-state index in [0.29, 0.717) is 50.0 Å². The number of methoxy groups -OCH3 is 1. The molecule has 5 aliphatic rings. The number of Topliss-reactive ketones (excluding diaryl/α,β-unsaturated/α-hetero) is 2. The Morgan fingerprint density at radius 1 is 0.962 bits per heavy atom. The number of aliphatic hydroxyl groups is 2. The van der Waals surface area contributed by atoms with E-state index in [9.17, 15) is 24.9 Å². The number of quaternary nitrogens is 2. The van der Waals surface area contributed by atoms with Gasteiger partial charge in [0.1, 0.15) is 30.4 Å². The number of ether oxygens (including phenoxy) is 1. The van der Waals surface area contributed by atoms with Crippen molar-refractivity contribution in [1.82, 2.24) is 0 Å². The third-order valence-electron chi connectivity index (χ3n) is 14.3. The molecule has 9 heteroatoms. The molecule has 9 nitrogen and oxygen atoms in total. The van der Waals surface area contributed by atoms with Crippen LogP contribution in [-0.4, -0.2) is 79.1 Å². The molecular weight excluding hydrogens is 654 g/mol. The first-order chi connectivity index (χ1) is 25.1. The molecule has 4 fully saturated rings. The summed E-state index contributed by atoms with van der Waals surface area (Å²) in [5.41, 5.74) is 6.44. The highest BCUT2D eigenvalue weighted by Crippen LogP contribution is 2.47. The van der Waals surface area contributed by atoms with Crippen molar-refractivity contribution in [1.29, 1.82) is 0 Å². The largest absolute Gasteiger partial charge is 0.841 e. The van der Waals surface area contributed by atoms with Gasteiger partial charge in [-0.2, -0.15) is 0 Å². The number of ketones is 2. The monoisotopic (exact) mass is 729 g/mol. The molecule has 3 saturated carbocycles. The van der Waals surface area contributed by atoms with Gasteiger partial charge >= 0.3 is 0 Å². The highest BCUT2D eigenvalue weighted by Gasteiger charge is 2.45. The first kappa shape index (κ1) is 41.8. The van der Waals surface area contributed by atoms with E-state index < -0.39 is 35.8 Å². The minimum absolute atomic E-state index is 0.0254. The molecule has 1 heterocycles. The fourth-order valence-electron chi connectivity index (χ4n) is 11.6. The van der Waals surface area contributed by atoms with Crippen molar-refractivity contribution in [2.75, 3.05) is 26.7 Å². The van der Waals surface area contributed by atoms with Crippen LogP contribution in [0.2, 0.25) is 0 Å². The standard InChI is InChI=1S/C43H72N3O6/c1-4-9-34(39(49)26-45-17-5-2)32-21-28(19-27-16-18-46-41(44)22-27)20-30-12-14-33(29-10-7-6-8-11-29)35-25-38(48)40(52-3)24-31(35)13-15-37(47)43(51)42(50)36(30)23-32/h27-36,38-41,43,45-46,48-49H,4-11,13,15-26,44H2,1-3H3/q-1/p+2/t27?,28-,30-,31?,32-,33+,34+,35?,36-,38?,39-,40?,41?,43-/m0/s1. The van der Waals surface area contributed by atoms with Gasteiger partial charge in [0.15, 0.2) is 0 Å². The van der Waals surface area contributed by atoms with Gasteiger partial charge in [0.2, 0.25) is 0 Å². The van der Waals surface area contributed by atoms with Crippen LogP contribution in [0.5, 0.6) is 0 Å². The number of carbonyl (C=O) groups is 2. The Labute approximate surface area is 314 Å². The summed E-state index contributed by atoms with van der Waals surface area (Å²) in [7, 11) is 1.64. The lowest BCUT2D eigenvalue weighted by Gasteiger charge is -2.44. The quantitative estimate of drug-likeness (QED) is 0.117. The fourth-order valence-corrected chi connectivity index (χ4v) is 11.6. The topological polar surface area (TPSA) is 166 Å². The predicted molar refractivity (Wildman–Crippen MR) is 200 cm³/mol. The lowest BCUT2D eigenvalue weighted by Crippen LogP contribution is -2.94. The van der Waals surface area contributed by atoms with E-state index in [2.05, 4.69) is 36.3 Å². The highest BCUT2D eigenvalue weighted by molar-refractivity contribution is 6.05. The van der Waals surface area contributed by atoms with E-state index in [4.69, 9.17) is 10.5 Å². The molecule has 0 bridgehead atoms. The van der Waals surface area contributed by atoms with Gasteiger partial charge in [-0.05, 0) is 125 Å². The Balaban J connectivity index is 1.55. The zero-order valence-corrected chi connectivity index (χ0v) is 32.8. The molecule has 0 aromatic carbocycles. The van der Waals surface area contributed by atoms with Crippen molar-refractivity contribution >= 4 is 11.6 Å². The van der Waals surface area contributed by atoms with Gasteiger partial charge in [-0.15, -0.1) is 0 Å². The van der Waals surface area contributed by atoms with Crippen LogP contribution in [0.15, 0.2) is 0 Å². The van der Waals surface area contributed by atoms with Crippen molar-refractivity contribution in [3.8, 4) is 11.8 Å². The molecule has 52 heavy (non-hydrogen) atoms. The SMILES string of the molecule is CCC[NH2+]C[C@H](O)[C@H](CCC)[C@H]1C[C@@H](CC2CC[NH2+]C(N)C2)C[C@@H]2C#C[C@H](C3CCCCC3)C3CC(O)C(OC)CC3CCC(=O)[C@H]([O-])C(=O)[C@H]2C1. The lowest BCUT2D eigenvalue weighted by molar-refractivity contribution is -0.699. The molecule has 1 saturated heterocycles. The normalized spacial score (nSPS) is 39.4. The summed E-state index contributed by atoms with van der Waals surface area (Å²) in [6.45, 7) is 6.95. The van der Waals surface area contributed by atoms with Crippen molar-refractivity contribution in [2.24, 2.45) is 64.9 Å². The molecule has 296 valence electrons. The van der Waals surface area contributed by atoms with Crippen LogP contribution in [0.4, 0.5) is 0 Å². The summed E-state index contributed by atoms with van der Waals surface area (Å²) in [5.74, 6) is 7.43. The Bertz CT molecular complexity index is 1180. The predicted octanol–water partition coefficient (Wildman–Crippen LogP) is 2.30. The second-order valence-corrected chi connectivity index (χ2v) is 17.9. The molecule has 8 N–H and O–H groups in total. The Morgan fingerprint density at radius 2 is 1.75 bits per heavy atom. The molecule has 0 spiro atoms. The third kappa shape index (κ3) is 10.9. The number of fused-ring (bicyclic) bond motifs is 2. The molecule has 4 aliphatic carbocycles. The van der Waals surface area contributed by atoms with Crippen LogP contribution in [0.3, 0.4) is 0 Å². The van der Waals surface area contributed by atoms with Gasteiger partial charge in [-0.3, -0.25) is 5.73 Å². The zero-order chi connectivity index (χ0) is 37.2. The van der Waals surface area contributed by atoms with Crippen LogP contribution in [0.1, 0.15) is 129 Å². The van der Waals surface area contributed by atoms with E-state index in [0.717, 1.165) is 77.3 Å². The number of aliphatic hydroxyl groups excluding tert-OH is 2. The van der Waals surface area contributed by atoms with Crippen LogP contribution in [-0.2, 0) is 14.3 Å². The summed E-state index contributed by atoms with van der Waals surface area (Å²) in [6, 6.07) is 0. The van der Waals surface area contributed by atoms with Crippen LogP contribution >= 0.6 is 0 Å². The fraction of sp³-hybridized carbons (Fsp3) is 0.907. The smallest absolute Gasteiger partial charge is 0.137 e. The molecule has 0 aromatic heterocycles. The van der Waals surface area contributed by atoms with E-state index in [-0.39, 0.29) is 54.2 Å². The molecule has 0 radical (unpaired) electrons. The Kier molecular flexibility index (Phi) is 16.5. The summed E-state index contributed by atoms with van der Waals surface area (Å²) in [4.78, 5) is 28.2. The Morgan fingerprint density at radius 3 is 2.46 bits per heavy atom. The highest BCUT2D eigenvalue weighted by atomic mass is 16.5. The van der Waals surface area contributed by atoms with Crippen molar-refractivity contribution in [2.45, 2.75) is 160 Å². The molecule has 0 aromatic rings. The maximum Gasteiger partial charge on any atom is 0.137 e.